The molecule has 0 fully saturated rings. The summed E-state index contributed by atoms with van der Waals surface area (Å²) in [6.07, 6.45) is -3.03. The van der Waals surface area contributed by atoms with Gasteiger partial charge in [0.25, 0.3) is 0 Å². The Bertz CT molecular complexity index is 675. The number of hydrogen-bond donors (Lipinski definition) is 1. The Morgan fingerprint density at radius 3 is 2.72 bits per heavy atom. The zero-order chi connectivity index (χ0) is 18.4. The molecule has 0 bridgehead atoms. The summed E-state index contributed by atoms with van der Waals surface area (Å²) in [4.78, 5) is 18.6. The first-order valence-corrected chi connectivity index (χ1v) is 8.33. The van der Waals surface area contributed by atoms with Gasteiger partial charge >= 0.3 is 12.2 Å². The Morgan fingerprint density at radius 1 is 1.40 bits per heavy atom. The van der Waals surface area contributed by atoms with E-state index in [1.807, 2.05) is 24.4 Å². The summed E-state index contributed by atoms with van der Waals surface area (Å²) in [6.45, 7) is 0.758. The summed E-state index contributed by atoms with van der Waals surface area (Å²) in [6, 6.07) is 6.47. The van der Waals surface area contributed by atoms with E-state index in [1.54, 1.807) is 29.4 Å². The van der Waals surface area contributed by atoms with Crippen LogP contribution in [0.1, 0.15) is 23.4 Å². The summed E-state index contributed by atoms with van der Waals surface area (Å²) >= 11 is 1.57. The van der Waals surface area contributed by atoms with E-state index in [2.05, 4.69) is 15.0 Å². The fourth-order valence-electron chi connectivity index (χ4n) is 1.95. The number of nitrogens with zero attached hydrogens (tertiary/aromatic N) is 2. The Kier molecular flexibility index (Phi) is 6.24. The van der Waals surface area contributed by atoms with Gasteiger partial charge in [-0.3, -0.25) is 0 Å². The number of carbonyl (C=O) groups is 1. The molecular formula is C16H18F3N3O2S. The molecule has 136 valence electrons. The number of pyridine rings is 1. The van der Waals surface area contributed by atoms with Gasteiger partial charge in [-0.25, -0.2) is 9.78 Å². The molecule has 1 unspecified atom stereocenters. The van der Waals surface area contributed by atoms with Crippen LogP contribution in [-0.2, 0) is 6.54 Å². The first-order valence-electron chi connectivity index (χ1n) is 7.45. The van der Waals surface area contributed by atoms with E-state index in [0.29, 0.717) is 5.56 Å². The molecule has 0 saturated heterocycles. The molecule has 1 atom stereocenters. The maximum atomic E-state index is 12.2. The van der Waals surface area contributed by atoms with Crippen molar-refractivity contribution in [3.05, 3.63) is 46.3 Å². The van der Waals surface area contributed by atoms with Crippen molar-refractivity contribution in [3.8, 4) is 5.88 Å². The SMILES string of the molecule is CC(c1cccs1)N(C)C(=O)NCc1ccc(OCC(F)(F)F)nc1. The third-order valence-electron chi connectivity index (χ3n) is 3.48. The normalized spacial score (nSPS) is 12.5. The molecule has 2 amide bonds. The molecule has 2 aromatic heterocycles. The van der Waals surface area contributed by atoms with Crippen LogP contribution in [0.2, 0.25) is 0 Å². The number of nitrogens with one attached hydrogen (secondary N) is 1. The number of ether oxygens (including phenoxy) is 1. The average molecular weight is 373 g/mol. The van der Waals surface area contributed by atoms with E-state index in [9.17, 15) is 18.0 Å². The van der Waals surface area contributed by atoms with Gasteiger partial charge in [-0.15, -0.1) is 11.3 Å². The van der Waals surface area contributed by atoms with E-state index in [1.165, 1.54) is 12.3 Å². The second-order valence-corrected chi connectivity index (χ2v) is 6.35. The predicted molar refractivity (Wildman–Crippen MR) is 88.5 cm³/mol. The number of halogens is 3. The van der Waals surface area contributed by atoms with E-state index >= 15 is 0 Å². The van der Waals surface area contributed by atoms with Gasteiger partial charge in [-0.05, 0) is 23.9 Å². The highest BCUT2D eigenvalue weighted by atomic mass is 32.1. The molecule has 2 heterocycles. The van der Waals surface area contributed by atoms with E-state index in [4.69, 9.17) is 0 Å². The number of thiophene rings is 1. The van der Waals surface area contributed by atoms with Gasteiger partial charge in [-0.2, -0.15) is 13.2 Å². The van der Waals surface area contributed by atoms with Crippen LogP contribution in [0.4, 0.5) is 18.0 Å². The van der Waals surface area contributed by atoms with Gasteiger partial charge in [-0.1, -0.05) is 12.1 Å². The number of aromatic nitrogens is 1. The third kappa shape index (κ3) is 5.93. The van der Waals surface area contributed by atoms with Crippen molar-refractivity contribution >= 4 is 17.4 Å². The third-order valence-corrected chi connectivity index (χ3v) is 4.52. The second kappa shape index (κ2) is 8.19. The molecule has 0 aromatic carbocycles. The smallest absolute Gasteiger partial charge is 0.422 e. The van der Waals surface area contributed by atoms with E-state index < -0.39 is 12.8 Å². The fourth-order valence-corrected chi connectivity index (χ4v) is 2.78. The van der Waals surface area contributed by atoms with Crippen LogP contribution >= 0.6 is 11.3 Å². The quantitative estimate of drug-likeness (QED) is 0.833. The molecular weight excluding hydrogens is 355 g/mol. The van der Waals surface area contributed by atoms with Crippen LogP contribution in [0.5, 0.6) is 5.88 Å². The number of alkyl halides is 3. The van der Waals surface area contributed by atoms with Gasteiger partial charge in [0, 0.05) is 30.7 Å². The summed E-state index contributed by atoms with van der Waals surface area (Å²) in [7, 11) is 1.70. The lowest BCUT2D eigenvalue weighted by Gasteiger charge is -2.24. The van der Waals surface area contributed by atoms with Gasteiger partial charge in [0.2, 0.25) is 5.88 Å². The van der Waals surface area contributed by atoms with Crippen LogP contribution in [0.15, 0.2) is 35.8 Å². The van der Waals surface area contributed by atoms with Gasteiger partial charge in [0.05, 0.1) is 6.04 Å². The van der Waals surface area contributed by atoms with Crippen molar-refractivity contribution in [2.45, 2.75) is 25.7 Å². The minimum atomic E-state index is -4.40. The van der Waals surface area contributed by atoms with Crippen LogP contribution < -0.4 is 10.1 Å². The Labute approximate surface area is 147 Å². The largest absolute Gasteiger partial charge is 0.468 e. The number of hydrogen-bond acceptors (Lipinski definition) is 4. The monoisotopic (exact) mass is 373 g/mol. The lowest BCUT2D eigenvalue weighted by molar-refractivity contribution is -0.154. The van der Waals surface area contributed by atoms with Crippen molar-refractivity contribution in [2.24, 2.45) is 0 Å². The van der Waals surface area contributed by atoms with Crippen LogP contribution in [0.3, 0.4) is 0 Å². The van der Waals surface area contributed by atoms with Crippen LogP contribution in [0.25, 0.3) is 0 Å². The lowest BCUT2D eigenvalue weighted by atomic mass is 10.2. The van der Waals surface area contributed by atoms with Crippen molar-refractivity contribution in [1.82, 2.24) is 15.2 Å². The zero-order valence-electron chi connectivity index (χ0n) is 13.7. The van der Waals surface area contributed by atoms with E-state index in [-0.39, 0.29) is 24.5 Å². The maximum Gasteiger partial charge on any atom is 0.422 e. The molecule has 2 aromatic rings. The summed E-state index contributed by atoms with van der Waals surface area (Å²) in [5.41, 5.74) is 0.657. The molecule has 1 N–H and O–H groups in total. The molecule has 9 heteroatoms. The molecule has 0 saturated carbocycles. The number of amides is 2. The number of carbonyl (C=O) groups excluding carboxylic acids is 1. The second-order valence-electron chi connectivity index (χ2n) is 5.37. The zero-order valence-corrected chi connectivity index (χ0v) is 14.5. The number of rotatable bonds is 6. The lowest BCUT2D eigenvalue weighted by Crippen LogP contribution is -2.38. The molecule has 25 heavy (non-hydrogen) atoms. The molecule has 0 spiro atoms. The minimum absolute atomic E-state index is 0.0590. The molecule has 2 rings (SSSR count). The highest BCUT2D eigenvalue weighted by Crippen LogP contribution is 2.23. The highest BCUT2D eigenvalue weighted by molar-refractivity contribution is 7.10. The van der Waals surface area contributed by atoms with Gasteiger partial charge in [0.1, 0.15) is 0 Å². The predicted octanol–water partition coefficient (Wildman–Crippen LogP) is 3.99. The summed E-state index contributed by atoms with van der Waals surface area (Å²) in [5.74, 6) is -0.115. The van der Waals surface area contributed by atoms with Crippen molar-refractivity contribution in [1.29, 1.82) is 0 Å². The summed E-state index contributed by atoms with van der Waals surface area (Å²) < 4.78 is 40.7. The first-order chi connectivity index (χ1) is 11.8. The van der Waals surface area contributed by atoms with Gasteiger partial charge in [0.15, 0.2) is 6.61 Å². The minimum Gasteiger partial charge on any atom is -0.468 e. The first kappa shape index (κ1) is 19.0. The van der Waals surface area contributed by atoms with Crippen LogP contribution in [0, 0.1) is 0 Å². The fraction of sp³-hybridized carbons (Fsp3) is 0.375. The van der Waals surface area contributed by atoms with Crippen molar-refractivity contribution in [2.75, 3.05) is 13.7 Å². The Hall–Kier alpha value is -2.29. The van der Waals surface area contributed by atoms with Crippen molar-refractivity contribution < 1.29 is 22.7 Å². The standard InChI is InChI=1S/C16H18F3N3O2S/c1-11(13-4-3-7-25-13)22(2)15(23)21-9-12-5-6-14(20-8-12)24-10-16(17,18)19/h3-8,11H,9-10H2,1-2H3,(H,21,23). The molecule has 5 nitrogen and oxygen atoms in total. The van der Waals surface area contributed by atoms with Gasteiger partial charge < -0.3 is 15.0 Å². The number of urea groups is 1. The maximum absolute atomic E-state index is 12.2. The topological polar surface area (TPSA) is 54.5 Å². The Balaban J connectivity index is 1.83. The molecule has 0 aliphatic heterocycles. The molecule has 0 aliphatic rings. The highest BCUT2D eigenvalue weighted by Gasteiger charge is 2.28. The molecule has 0 radical (unpaired) electrons. The van der Waals surface area contributed by atoms with E-state index in [0.717, 1.165) is 4.88 Å². The van der Waals surface area contributed by atoms with Crippen LogP contribution in [-0.4, -0.2) is 35.7 Å². The molecule has 0 aliphatic carbocycles. The average Bonchev–Trinajstić information content (AvgIpc) is 3.11. The van der Waals surface area contributed by atoms with Crippen molar-refractivity contribution in [3.63, 3.8) is 0 Å². The summed E-state index contributed by atoms with van der Waals surface area (Å²) in [5, 5.41) is 4.70. The Morgan fingerprint density at radius 2 is 2.16 bits per heavy atom.